The number of hydrogen-bond donors (Lipinski definition) is 1. The molecule has 0 aromatic heterocycles. The first kappa shape index (κ1) is 7.54. The molecule has 2 heterocycles. The second-order valence-electron chi connectivity index (χ2n) is 2.99. The summed E-state index contributed by atoms with van der Waals surface area (Å²) in [6, 6.07) is -0.614. The highest BCUT2D eigenvalue weighted by molar-refractivity contribution is 6.04. The maximum absolute atomic E-state index is 11.1. The van der Waals surface area contributed by atoms with Gasteiger partial charge in [-0.15, -0.1) is 0 Å². The van der Waals surface area contributed by atoms with E-state index in [1.54, 1.807) is 7.11 Å². The van der Waals surface area contributed by atoms with Gasteiger partial charge >= 0.3 is 6.03 Å². The van der Waals surface area contributed by atoms with Gasteiger partial charge in [0.1, 0.15) is 12.3 Å². The largest absolute Gasteiger partial charge is 0.361 e. The molecule has 2 rings (SSSR count). The summed E-state index contributed by atoms with van der Waals surface area (Å²) in [4.78, 5) is 23.7. The zero-order chi connectivity index (χ0) is 8.72. The number of urea groups is 1. The zero-order valence-corrected chi connectivity index (χ0v) is 6.74. The molecule has 2 atom stereocenters. The minimum Gasteiger partial charge on any atom is -0.361 e. The number of imide groups is 1. The van der Waals surface area contributed by atoms with E-state index in [1.165, 1.54) is 4.90 Å². The minimum atomic E-state index is -0.325. The highest BCUT2D eigenvalue weighted by atomic mass is 16.5. The predicted molar refractivity (Wildman–Crippen MR) is 39.2 cm³/mol. The highest BCUT2D eigenvalue weighted by Crippen LogP contribution is 2.27. The van der Waals surface area contributed by atoms with Gasteiger partial charge < -0.3 is 4.74 Å². The highest BCUT2D eigenvalue weighted by Gasteiger charge is 2.46. The molecule has 0 spiro atoms. The summed E-state index contributed by atoms with van der Waals surface area (Å²) >= 11 is 0. The molecule has 66 valence electrons. The fraction of sp³-hybridized carbons (Fsp3) is 0.714. The first-order valence-corrected chi connectivity index (χ1v) is 3.90. The molecule has 2 saturated heterocycles. The molecule has 0 saturated carbocycles. The van der Waals surface area contributed by atoms with Crippen molar-refractivity contribution >= 4 is 11.9 Å². The Kier molecular flexibility index (Phi) is 1.54. The van der Waals surface area contributed by atoms with Crippen molar-refractivity contribution < 1.29 is 14.3 Å². The number of rotatable bonds is 1. The Balaban J connectivity index is 2.22. The molecule has 1 N–H and O–H groups in total. The molecule has 12 heavy (non-hydrogen) atoms. The number of nitrogens with one attached hydrogen (secondary N) is 1. The Labute approximate surface area is 69.7 Å². The van der Waals surface area contributed by atoms with Gasteiger partial charge in [0.05, 0.1) is 0 Å². The zero-order valence-electron chi connectivity index (χ0n) is 6.74. The lowest BCUT2D eigenvalue weighted by atomic mass is 10.2. The molecule has 2 unspecified atom stereocenters. The lowest BCUT2D eigenvalue weighted by molar-refractivity contribution is -0.121. The van der Waals surface area contributed by atoms with Crippen molar-refractivity contribution in [3.05, 3.63) is 0 Å². The van der Waals surface area contributed by atoms with Crippen molar-refractivity contribution in [1.29, 1.82) is 0 Å². The Morgan fingerprint density at radius 1 is 1.50 bits per heavy atom. The number of amides is 3. The predicted octanol–water partition coefficient (Wildman–Crippen LogP) is -0.327. The van der Waals surface area contributed by atoms with E-state index in [4.69, 9.17) is 4.74 Å². The molecular weight excluding hydrogens is 160 g/mol. The number of ether oxygens (including phenoxy) is 1. The van der Waals surface area contributed by atoms with Gasteiger partial charge in [-0.3, -0.25) is 15.0 Å². The monoisotopic (exact) mass is 170 g/mol. The van der Waals surface area contributed by atoms with Crippen LogP contribution in [-0.4, -0.2) is 36.2 Å². The summed E-state index contributed by atoms with van der Waals surface area (Å²) in [5.74, 6) is -0.195. The van der Waals surface area contributed by atoms with E-state index in [0.717, 1.165) is 6.42 Å². The number of carbonyl (C=O) groups is 2. The number of carbonyl (C=O) groups excluding carboxylic acids is 2. The van der Waals surface area contributed by atoms with Gasteiger partial charge in [-0.2, -0.15) is 0 Å². The van der Waals surface area contributed by atoms with Gasteiger partial charge in [0.2, 0.25) is 0 Å². The van der Waals surface area contributed by atoms with Crippen molar-refractivity contribution in [2.45, 2.75) is 25.1 Å². The molecule has 5 heteroatoms. The van der Waals surface area contributed by atoms with Gasteiger partial charge in [-0.05, 0) is 12.8 Å². The second-order valence-corrected chi connectivity index (χ2v) is 2.99. The van der Waals surface area contributed by atoms with Crippen molar-refractivity contribution in [2.75, 3.05) is 7.11 Å². The van der Waals surface area contributed by atoms with Crippen LogP contribution in [0.5, 0.6) is 0 Å². The summed E-state index contributed by atoms with van der Waals surface area (Å²) in [6.07, 6.45) is 1.23. The summed E-state index contributed by atoms with van der Waals surface area (Å²) in [6.45, 7) is 0. The topological polar surface area (TPSA) is 58.6 Å². The van der Waals surface area contributed by atoms with E-state index in [2.05, 4.69) is 5.32 Å². The van der Waals surface area contributed by atoms with Crippen LogP contribution in [0.2, 0.25) is 0 Å². The molecule has 0 aromatic carbocycles. The summed E-state index contributed by atoms with van der Waals surface area (Å²) < 4.78 is 5.06. The van der Waals surface area contributed by atoms with Gasteiger partial charge in [0.25, 0.3) is 5.91 Å². The van der Waals surface area contributed by atoms with E-state index < -0.39 is 0 Å². The van der Waals surface area contributed by atoms with Gasteiger partial charge in [0, 0.05) is 7.11 Å². The van der Waals surface area contributed by atoms with Crippen LogP contribution >= 0.6 is 0 Å². The average molecular weight is 170 g/mol. The SMILES string of the molecule is COC1CCC2C(=O)NC(=O)N12. The maximum Gasteiger partial charge on any atom is 0.326 e. The summed E-state index contributed by atoms with van der Waals surface area (Å²) in [5, 5.41) is 2.25. The maximum atomic E-state index is 11.1. The first-order chi connectivity index (χ1) is 5.74. The van der Waals surface area contributed by atoms with Crippen LogP contribution in [0.1, 0.15) is 12.8 Å². The molecule has 0 aliphatic carbocycles. The van der Waals surface area contributed by atoms with E-state index in [1.807, 2.05) is 0 Å². The van der Waals surface area contributed by atoms with Crippen molar-refractivity contribution in [1.82, 2.24) is 10.2 Å². The van der Waals surface area contributed by atoms with Crippen LogP contribution < -0.4 is 5.32 Å². The van der Waals surface area contributed by atoms with Crippen molar-refractivity contribution in [3.8, 4) is 0 Å². The molecule has 0 bridgehead atoms. The van der Waals surface area contributed by atoms with Gasteiger partial charge in [0.15, 0.2) is 0 Å². The number of methoxy groups -OCH3 is 1. The molecule has 2 aliphatic rings. The Hall–Kier alpha value is -1.10. The van der Waals surface area contributed by atoms with E-state index in [0.29, 0.717) is 6.42 Å². The summed E-state index contributed by atoms with van der Waals surface area (Å²) in [5.41, 5.74) is 0. The van der Waals surface area contributed by atoms with Gasteiger partial charge in [-0.1, -0.05) is 0 Å². The van der Waals surface area contributed by atoms with Gasteiger partial charge in [-0.25, -0.2) is 4.79 Å². The lowest BCUT2D eigenvalue weighted by Gasteiger charge is -2.19. The number of hydrogen-bond acceptors (Lipinski definition) is 3. The standard InChI is InChI=1S/C7H10N2O3/c1-12-5-3-2-4-6(10)8-7(11)9(4)5/h4-5H,2-3H2,1H3,(H,8,10,11). The molecule has 2 aliphatic heterocycles. The minimum absolute atomic E-state index is 0.195. The van der Waals surface area contributed by atoms with E-state index >= 15 is 0 Å². The molecule has 0 aromatic rings. The third-order valence-electron chi connectivity index (χ3n) is 2.37. The molecular formula is C7H10N2O3. The number of fused-ring (bicyclic) bond motifs is 1. The van der Waals surface area contributed by atoms with E-state index in [9.17, 15) is 9.59 Å². The fourth-order valence-corrected chi connectivity index (χ4v) is 1.79. The van der Waals surface area contributed by atoms with E-state index in [-0.39, 0.29) is 24.2 Å². The van der Waals surface area contributed by atoms with Crippen LogP contribution in [0.15, 0.2) is 0 Å². The van der Waals surface area contributed by atoms with Crippen LogP contribution in [0.3, 0.4) is 0 Å². The number of nitrogens with zero attached hydrogens (tertiary/aromatic N) is 1. The molecule has 0 radical (unpaired) electrons. The lowest BCUT2D eigenvalue weighted by Crippen LogP contribution is -2.37. The summed E-state index contributed by atoms with van der Waals surface area (Å²) in [7, 11) is 1.54. The molecule has 3 amide bonds. The quantitative estimate of drug-likeness (QED) is 0.548. The Morgan fingerprint density at radius 2 is 2.25 bits per heavy atom. The Morgan fingerprint density at radius 3 is 2.92 bits per heavy atom. The average Bonchev–Trinajstić information content (AvgIpc) is 2.55. The van der Waals surface area contributed by atoms with Crippen molar-refractivity contribution in [2.24, 2.45) is 0 Å². The van der Waals surface area contributed by atoms with Crippen LogP contribution in [0.4, 0.5) is 4.79 Å². The molecule has 5 nitrogen and oxygen atoms in total. The molecule has 2 fully saturated rings. The normalized spacial score (nSPS) is 33.9. The fourth-order valence-electron chi connectivity index (χ4n) is 1.79. The third kappa shape index (κ3) is 0.828. The van der Waals surface area contributed by atoms with Crippen LogP contribution in [0, 0.1) is 0 Å². The van der Waals surface area contributed by atoms with Crippen molar-refractivity contribution in [3.63, 3.8) is 0 Å². The first-order valence-electron chi connectivity index (χ1n) is 3.90. The third-order valence-corrected chi connectivity index (χ3v) is 2.37. The smallest absolute Gasteiger partial charge is 0.326 e. The second kappa shape index (κ2) is 2.45. The van der Waals surface area contributed by atoms with Crippen LogP contribution in [0.25, 0.3) is 0 Å². The Bertz CT molecular complexity index is 241. The van der Waals surface area contributed by atoms with Crippen LogP contribution in [-0.2, 0) is 9.53 Å².